The summed E-state index contributed by atoms with van der Waals surface area (Å²) in [7, 11) is -3.75. The van der Waals surface area contributed by atoms with Crippen LogP contribution in [-0.2, 0) is 23.0 Å². The van der Waals surface area contributed by atoms with Crippen LogP contribution in [0.25, 0.3) is 0 Å². The largest absolute Gasteiger partial charge is 0.322 e. The molecule has 0 radical (unpaired) electrons. The number of nitrogens with zero attached hydrogens (tertiary/aromatic N) is 2. The zero-order valence-corrected chi connectivity index (χ0v) is 17.2. The standard InChI is InChI=1S/C23H18FN3O3S/c24-20-6-9-22(10-7-20)31(29,30)27-12-11-17-5-8-21(13-19(17)15-27)26-23(28)18-3-1-16(14-25)2-4-18/h1-10,13H,11-12,15H2,(H,26,28). The van der Waals surface area contributed by atoms with Gasteiger partial charge in [-0.2, -0.15) is 9.57 Å². The van der Waals surface area contributed by atoms with Crippen molar-refractivity contribution in [1.29, 1.82) is 5.26 Å². The Labute approximate surface area is 179 Å². The van der Waals surface area contributed by atoms with E-state index in [4.69, 9.17) is 5.26 Å². The summed E-state index contributed by atoms with van der Waals surface area (Å²) in [4.78, 5) is 12.5. The highest BCUT2D eigenvalue weighted by Gasteiger charge is 2.28. The Morgan fingerprint density at radius 3 is 2.39 bits per heavy atom. The van der Waals surface area contributed by atoms with E-state index in [-0.39, 0.29) is 17.3 Å². The van der Waals surface area contributed by atoms with Crippen molar-refractivity contribution in [3.8, 4) is 6.07 Å². The predicted molar refractivity (Wildman–Crippen MR) is 113 cm³/mol. The fourth-order valence-electron chi connectivity index (χ4n) is 3.47. The van der Waals surface area contributed by atoms with Crippen LogP contribution in [0.4, 0.5) is 10.1 Å². The summed E-state index contributed by atoms with van der Waals surface area (Å²) in [6.45, 7) is 0.485. The molecule has 3 aromatic carbocycles. The van der Waals surface area contributed by atoms with Crippen molar-refractivity contribution in [3.05, 3.63) is 94.8 Å². The first-order chi connectivity index (χ1) is 14.9. The van der Waals surface area contributed by atoms with Gasteiger partial charge in [-0.3, -0.25) is 4.79 Å². The number of hydrogen-bond donors (Lipinski definition) is 1. The van der Waals surface area contributed by atoms with E-state index in [2.05, 4.69) is 5.32 Å². The Morgan fingerprint density at radius 1 is 1.00 bits per heavy atom. The Bertz CT molecular complexity index is 1280. The van der Waals surface area contributed by atoms with Crippen LogP contribution >= 0.6 is 0 Å². The lowest BCUT2D eigenvalue weighted by Gasteiger charge is -2.28. The lowest BCUT2D eigenvalue weighted by atomic mass is 10.0. The van der Waals surface area contributed by atoms with Gasteiger partial charge in [-0.1, -0.05) is 6.07 Å². The first kappa shape index (κ1) is 20.7. The topological polar surface area (TPSA) is 90.3 Å². The number of carbonyl (C=O) groups excluding carboxylic acids is 1. The highest BCUT2D eigenvalue weighted by atomic mass is 32.2. The van der Waals surface area contributed by atoms with Gasteiger partial charge in [0.1, 0.15) is 5.82 Å². The Hall–Kier alpha value is -3.54. The molecular weight excluding hydrogens is 417 g/mol. The van der Waals surface area contributed by atoms with Gasteiger partial charge in [-0.05, 0) is 78.2 Å². The van der Waals surface area contributed by atoms with Crippen LogP contribution in [0.1, 0.15) is 27.0 Å². The van der Waals surface area contributed by atoms with Gasteiger partial charge in [0, 0.05) is 24.3 Å². The van der Waals surface area contributed by atoms with Gasteiger partial charge in [0.2, 0.25) is 10.0 Å². The van der Waals surface area contributed by atoms with Crippen LogP contribution in [0.2, 0.25) is 0 Å². The maximum absolute atomic E-state index is 13.2. The highest BCUT2D eigenvalue weighted by molar-refractivity contribution is 7.89. The summed E-state index contributed by atoms with van der Waals surface area (Å²) in [5, 5.41) is 11.7. The van der Waals surface area contributed by atoms with Gasteiger partial charge >= 0.3 is 0 Å². The van der Waals surface area contributed by atoms with E-state index in [9.17, 15) is 17.6 Å². The fourth-order valence-corrected chi connectivity index (χ4v) is 4.89. The van der Waals surface area contributed by atoms with Crippen molar-refractivity contribution >= 4 is 21.6 Å². The van der Waals surface area contributed by atoms with Gasteiger partial charge < -0.3 is 5.32 Å². The molecule has 1 aliphatic heterocycles. The maximum Gasteiger partial charge on any atom is 0.255 e. The molecule has 1 amide bonds. The molecule has 0 unspecified atom stereocenters. The molecule has 1 N–H and O–H groups in total. The SMILES string of the molecule is N#Cc1ccc(C(=O)Nc2ccc3c(c2)CN(S(=O)(=O)c2ccc(F)cc2)CC3)cc1. The average Bonchev–Trinajstić information content (AvgIpc) is 2.79. The molecule has 0 saturated heterocycles. The summed E-state index contributed by atoms with van der Waals surface area (Å²) < 4.78 is 40.4. The number of fused-ring (bicyclic) bond motifs is 1. The number of sulfonamides is 1. The number of anilines is 1. The highest BCUT2D eigenvalue weighted by Crippen LogP contribution is 2.27. The number of rotatable bonds is 4. The summed E-state index contributed by atoms with van der Waals surface area (Å²) >= 11 is 0. The molecular formula is C23H18FN3O3S. The average molecular weight is 435 g/mol. The van der Waals surface area contributed by atoms with E-state index in [1.54, 1.807) is 36.4 Å². The van der Waals surface area contributed by atoms with Gasteiger partial charge in [-0.15, -0.1) is 0 Å². The molecule has 156 valence electrons. The van der Waals surface area contributed by atoms with E-state index in [0.29, 0.717) is 29.8 Å². The van der Waals surface area contributed by atoms with Crippen LogP contribution in [0.15, 0.2) is 71.6 Å². The van der Waals surface area contributed by atoms with Crippen LogP contribution in [0.5, 0.6) is 0 Å². The lowest BCUT2D eigenvalue weighted by Crippen LogP contribution is -2.36. The molecule has 0 fully saturated rings. The van der Waals surface area contributed by atoms with Crippen molar-refractivity contribution in [2.75, 3.05) is 11.9 Å². The predicted octanol–water partition coefficient (Wildman–Crippen LogP) is 3.70. The minimum Gasteiger partial charge on any atom is -0.322 e. The minimum atomic E-state index is -3.75. The smallest absolute Gasteiger partial charge is 0.255 e. The van der Waals surface area contributed by atoms with E-state index in [1.807, 2.05) is 12.1 Å². The number of nitriles is 1. The molecule has 0 aromatic heterocycles. The molecule has 1 aliphatic rings. The Morgan fingerprint density at radius 2 is 1.71 bits per heavy atom. The van der Waals surface area contributed by atoms with Crippen LogP contribution in [-0.4, -0.2) is 25.2 Å². The van der Waals surface area contributed by atoms with Crippen LogP contribution in [0, 0.1) is 17.1 Å². The van der Waals surface area contributed by atoms with E-state index < -0.39 is 15.8 Å². The van der Waals surface area contributed by atoms with Gasteiger partial charge in [0.25, 0.3) is 5.91 Å². The zero-order chi connectivity index (χ0) is 22.0. The Balaban J connectivity index is 1.53. The molecule has 6 nitrogen and oxygen atoms in total. The van der Waals surface area contributed by atoms with Crippen molar-refractivity contribution in [2.45, 2.75) is 17.9 Å². The Kier molecular flexibility index (Phi) is 5.55. The monoisotopic (exact) mass is 435 g/mol. The molecule has 3 aromatic rings. The molecule has 8 heteroatoms. The summed E-state index contributed by atoms with van der Waals surface area (Å²) in [5.41, 5.74) is 3.25. The molecule has 0 aliphatic carbocycles. The third-order valence-electron chi connectivity index (χ3n) is 5.17. The van der Waals surface area contributed by atoms with Gasteiger partial charge in [0.15, 0.2) is 0 Å². The number of carbonyl (C=O) groups is 1. The number of nitrogens with one attached hydrogen (secondary N) is 1. The second-order valence-corrected chi connectivity index (χ2v) is 9.11. The summed E-state index contributed by atoms with van der Waals surface area (Å²) in [6.07, 6.45) is 0.541. The second-order valence-electron chi connectivity index (χ2n) is 7.17. The van der Waals surface area contributed by atoms with Crippen LogP contribution in [0.3, 0.4) is 0 Å². The molecule has 31 heavy (non-hydrogen) atoms. The summed E-state index contributed by atoms with van der Waals surface area (Å²) in [5.74, 6) is -0.818. The van der Waals surface area contributed by atoms with Gasteiger partial charge in [-0.25, -0.2) is 12.8 Å². The van der Waals surface area contributed by atoms with E-state index >= 15 is 0 Å². The minimum absolute atomic E-state index is 0.0441. The van der Waals surface area contributed by atoms with E-state index in [1.165, 1.54) is 16.4 Å². The maximum atomic E-state index is 13.2. The zero-order valence-electron chi connectivity index (χ0n) is 16.4. The van der Waals surface area contributed by atoms with Crippen molar-refractivity contribution in [1.82, 2.24) is 4.31 Å². The normalized spacial score (nSPS) is 13.8. The molecule has 0 atom stereocenters. The molecule has 0 saturated carbocycles. The van der Waals surface area contributed by atoms with Crippen molar-refractivity contribution in [3.63, 3.8) is 0 Å². The number of hydrogen-bond acceptors (Lipinski definition) is 4. The van der Waals surface area contributed by atoms with Crippen molar-refractivity contribution < 1.29 is 17.6 Å². The third kappa shape index (κ3) is 4.33. The number of benzene rings is 3. The molecule has 1 heterocycles. The van der Waals surface area contributed by atoms with Crippen LogP contribution < -0.4 is 5.32 Å². The molecule has 0 spiro atoms. The van der Waals surface area contributed by atoms with E-state index in [0.717, 1.165) is 23.3 Å². The molecule has 0 bridgehead atoms. The number of halogens is 1. The number of amides is 1. The molecule has 4 rings (SSSR count). The quantitative estimate of drug-likeness (QED) is 0.677. The first-order valence-electron chi connectivity index (χ1n) is 9.56. The first-order valence-corrected chi connectivity index (χ1v) is 11.0. The third-order valence-corrected chi connectivity index (χ3v) is 7.03. The van der Waals surface area contributed by atoms with Crippen molar-refractivity contribution in [2.24, 2.45) is 0 Å². The fraction of sp³-hybridized carbons (Fsp3) is 0.130. The lowest BCUT2D eigenvalue weighted by molar-refractivity contribution is 0.102. The summed E-state index contributed by atoms with van der Waals surface area (Å²) in [6, 6.07) is 18.5. The second kappa shape index (κ2) is 8.30. The van der Waals surface area contributed by atoms with Gasteiger partial charge in [0.05, 0.1) is 16.5 Å².